The minimum atomic E-state index is -0.828. The van der Waals surface area contributed by atoms with Crippen molar-refractivity contribution in [2.45, 2.75) is 25.4 Å². The van der Waals surface area contributed by atoms with E-state index >= 15 is 0 Å². The highest BCUT2D eigenvalue weighted by molar-refractivity contribution is 5.95. The number of benzene rings is 2. The zero-order chi connectivity index (χ0) is 28.6. The van der Waals surface area contributed by atoms with Crippen molar-refractivity contribution in [3.8, 4) is 17.2 Å². The predicted octanol–water partition coefficient (Wildman–Crippen LogP) is 4.12. The second-order valence-electron chi connectivity index (χ2n) is 9.67. The number of hydrogen-bond acceptors (Lipinski definition) is 6. The molecule has 10 heteroatoms. The molecule has 2 N–H and O–H groups in total. The van der Waals surface area contributed by atoms with E-state index in [1.165, 1.54) is 17.0 Å². The Balaban J connectivity index is 1.45. The number of pyridine rings is 1. The third-order valence-corrected chi connectivity index (χ3v) is 6.46. The zero-order valence-electron chi connectivity index (χ0n) is 22.5. The fraction of sp³-hybridized carbons (Fsp3) is 0.233. The van der Waals surface area contributed by atoms with E-state index in [1.54, 1.807) is 73.8 Å². The number of hydrogen-bond donors (Lipinski definition) is 2. The van der Waals surface area contributed by atoms with Crippen molar-refractivity contribution in [1.29, 1.82) is 5.26 Å². The number of anilines is 1. The van der Waals surface area contributed by atoms with Gasteiger partial charge in [-0.2, -0.15) is 10.4 Å². The molecule has 204 valence electrons. The molecule has 2 aromatic carbocycles. The van der Waals surface area contributed by atoms with Crippen molar-refractivity contribution >= 4 is 17.6 Å². The van der Waals surface area contributed by atoms with Crippen molar-refractivity contribution < 1.29 is 14.0 Å². The van der Waals surface area contributed by atoms with E-state index in [9.17, 15) is 14.0 Å². The fourth-order valence-corrected chi connectivity index (χ4v) is 4.06. The smallest absolute Gasteiger partial charge is 0.247 e. The van der Waals surface area contributed by atoms with Gasteiger partial charge in [0.2, 0.25) is 11.8 Å². The Hall–Kier alpha value is -4.88. The summed E-state index contributed by atoms with van der Waals surface area (Å²) in [6, 6.07) is 18.0. The van der Waals surface area contributed by atoms with E-state index < -0.39 is 11.9 Å². The van der Waals surface area contributed by atoms with Crippen LogP contribution < -0.4 is 10.6 Å². The molecule has 40 heavy (non-hydrogen) atoms. The predicted molar refractivity (Wildman–Crippen MR) is 149 cm³/mol. The van der Waals surface area contributed by atoms with Gasteiger partial charge < -0.3 is 15.5 Å². The van der Waals surface area contributed by atoms with Crippen LogP contribution in [0.5, 0.6) is 0 Å². The molecule has 2 atom stereocenters. The molecular formula is C30H30FN7O2. The molecule has 0 unspecified atom stereocenters. The van der Waals surface area contributed by atoms with Crippen molar-refractivity contribution in [2.75, 3.05) is 26.0 Å². The average molecular weight is 540 g/mol. The van der Waals surface area contributed by atoms with Crippen LogP contribution in [0.15, 0.2) is 79.3 Å². The molecule has 0 fully saturated rings. The van der Waals surface area contributed by atoms with Gasteiger partial charge >= 0.3 is 0 Å². The second-order valence-corrected chi connectivity index (χ2v) is 9.67. The number of carbonyl (C=O) groups is 2. The van der Waals surface area contributed by atoms with E-state index in [0.717, 1.165) is 16.7 Å². The highest BCUT2D eigenvalue weighted by Crippen LogP contribution is 2.22. The number of rotatable bonds is 10. The van der Waals surface area contributed by atoms with Crippen LogP contribution >= 0.6 is 0 Å². The van der Waals surface area contributed by atoms with Crippen LogP contribution in [0.25, 0.3) is 11.1 Å². The summed E-state index contributed by atoms with van der Waals surface area (Å²) in [5.41, 5.74) is 3.63. The average Bonchev–Trinajstić information content (AvgIpc) is 3.42. The third-order valence-electron chi connectivity index (χ3n) is 6.46. The van der Waals surface area contributed by atoms with E-state index in [-0.39, 0.29) is 24.3 Å². The van der Waals surface area contributed by atoms with E-state index in [1.807, 2.05) is 19.1 Å². The van der Waals surface area contributed by atoms with Crippen LogP contribution in [0.1, 0.15) is 35.6 Å². The number of aromatic nitrogens is 3. The van der Waals surface area contributed by atoms with Crippen molar-refractivity contribution in [3.05, 3.63) is 102 Å². The topological polar surface area (TPSA) is 116 Å². The number of amides is 2. The lowest BCUT2D eigenvalue weighted by molar-refractivity contribution is -0.129. The summed E-state index contributed by atoms with van der Waals surface area (Å²) in [7, 11) is 3.38. The maximum atomic E-state index is 14.0. The van der Waals surface area contributed by atoms with Gasteiger partial charge in [0.05, 0.1) is 17.8 Å². The summed E-state index contributed by atoms with van der Waals surface area (Å²) in [6.07, 6.45) is 5.02. The summed E-state index contributed by atoms with van der Waals surface area (Å²) in [5, 5.41) is 19.3. The van der Waals surface area contributed by atoms with Crippen LogP contribution in [0.4, 0.5) is 10.2 Å². The maximum absolute atomic E-state index is 14.0. The molecule has 9 nitrogen and oxygen atoms in total. The largest absolute Gasteiger partial charge is 0.347 e. The zero-order valence-corrected chi connectivity index (χ0v) is 22.5. The Bertz CT molecular complexity index is 1510. The van der Waals surface area contributed by atoms with Crippen molar-refractivity contribution in [3.63, 3.8) is 0 Å². The summed E-state index contributed by atoms with van der Waals surface area (Å²) in [4.78, 5) is 31.2. The molecule has 0 saturated heterocycles. The minimum Gasteiger partial charge on any atom is -0.347 e. The third kappa shape index (κ3) is 7.15. The van der Waals surface area contributed by atoms with Gasteiger partial charge in [0.1, 0.15) is 24.2 Å². The van der Waals surface area contributed by atoms with Gasteiger partial charge in [-0.25, -0.2) is 9.37 Å². The van der Waals surface area contributed by atoms with E-state index in [4.69, 9.17) is 5.26 Å². The number of halogens is 1. The van der Waals surface area contributed by atoms with Gasteiger partial charge in [0, 0.05) is 44.2 Å². The standard InChI is InChI=1S/C30H30FN7O2/c1-20(22-9-7-21(14-32)8-10-22)15-34-29(23-5-4-6-26(31)13-23)30(40)36-27-12-11-24(16-33-27)25-17-35-38(18-25)19-28(39)37(2)3/h4-13,16-18,20,29,34H,15,19H2,1-3H3,(H,33,36,40)/t20-,29-/m1/s1. The quantitative estimate of drug-likeness (QED) is 0.313. The van der Waals surface area contributed by atoms with Crippen LogP contribution in [0.2, 0.25) is 0 Å². The van der Waals surface area contributed by atoms with Crippen LogP contribution in [0.3, 0.4) is 0 Å². The second kappa shape index (κ2) is 12.8. The Morgan fingerprint density at radius 1 is 1.05 bits per heavy atom. The molecule has 0 saturated carbocycles. The monoisotopic (exact) mass is 539 g/mol. The van der Waals surface area contributed by atoms with Crippen LogP contribution in [0, 0.1) is 17.1 Å². The number of likely N-dealkylation sites (N-methyl/N-ethyl adjacent to an activating group) is 1. The molecule has 0 aliphatic carbocycles. The van der Waals surface area contributed by atoms with Gasteiger partial charge in [0.15, 0.2) is 0 Å². The first-order chi connectivity index (χ1) is 19.2. The highest BCUT2D eigenvalue weighted by Gasteiger charge is 2.22. The molecule has 2 heterocycles. The van der Waals surface area contributed by atoms with Gasteiger partial charge in [-0.3, -0.25) is 14.3 Å². The molecule has 2 aromatic heterocycles. The maximum Gasteiger partial charge on any atom is 0.247 e. The summed E-state index contributed by atoms with van der Waals surface area (Å²) in [6.45, 7) is 2.58. The van der Waals surface area contributed by atoms with Gasteiger partial charge in [0.25, 0.3) is 0 Å². The first-order valence-electron chi connectivity index (χ1n) is 12.7. The Kier molecular flexibility index (Phi) is 8.99. The summed E-state index contributed by atoms with van der Waals surface area (Å²) >= 11 is 0. The van der Waals surface area contributed by atoms with Crippen molar-refractivity contribution in [2.24, 2.45) is 0 Å². The molecule has 0 aliphatic heterocycles. The molecular weight excluding hydrogens is 509 g/mol. The fourth-order valence-electron chi connectivity index (χ4n) is 4.06. The van der Waals surface area contributed by atoms with Crippen LogP contribution in [-0.2, 0) is 16.1 Å². The van der Waals surface area contributed by atoms with E-state index in [0.29, 0.717) is 23.5 Å². The Morgan fingerprint density at radius 3 is 2.48 bits per heavy atom. The lowest BCUT2D eigenvalue weighted by atomic mass is 9.98. The number of nitriles is 1. The lowest BCUT2D eigenvalue weighted by Crippen LogP contribution is -2.35. The van der Waals surface area contributed by atoms with Gasteiger partial charge in [-0.05, 0) is 53.4 Å². The minimum absolute atomic E-state index is 0.0305. The van der Waals surface area contributed by atoms with Gasteiger partial charge in [-0.1, -0.05) is 31.2 Å². The van der Waals surface area contributed by atoms with Crippen LogP contribution in [-0.4, -0.2) is 52.1 Å². The number of nitrogens with one attached hydrogen (secondary N) is 2. The number of nitrogens with zero attached hydrogens (tertiary/aromatic N) is 5. The molecule has 0 aliphatic rings. The van der Waals surface area contributed by atoms with E-state index in [2.05, 4.69) is 26.8 Å². The lowest BCUT2D eigenvalue weighted by Gasteiger charge is -2.21. The summed E-state index contributed by atoms with van der Waals surface area (Å²) < 4.78 is 15.6. The first kappa shape index (κ1) is 28.1. The first-order valence-corrected chi connectivity index (χ1v) is 12.7. The van der Waals surface area contributed by atoms with Gasteiger partial charge in [-0.15, -0.1) is 0 Å². The number of carbonyl (C=O) groups excluding carboxylic acids is 2. The Morgan fingerprint density at radius 2 is 1.82 bits per heavy atom. The SMILES string of the molecule is C[C@H](CN[C@@H](C(=O)Nc1ccc(-c2cnn(CC(=O)N(C)C)c2)cn1)c1cccc(F)c1)c1ccc(C#N)cc1. The molecule has 2 amide bonds. The normalized spacial score (nSPS) is 12.3. The molecule has 0 radical (unpaired) electrons. The molecule has 4 rings (SSSR count). The molecule has 0 spiro atoms. The van der Waals surface area contributed by atoms with Crippen molar-refractivity contribution in [1.82, 2.24) is 25.0 Å². The molecule has 0 bridgehead atoms. The highest BCUT2D eigenvalue weighted by atomic mass is 19.1. The Labute approximate surface area is 232 Å². The molecule has 4 aromatic rings. The summed E-state index contributed by atoms with van der Waals surface area (Å²) in [5.74, 6) is -0.519.